The lowest BCUT2D eigenvalue weighted by Gasteiger charge is -2.29. The highest BCUT2D eigenvalue weighted by atomic mass is 16.5. The molecular formula is C16H20O4. The molecule has 0 saturated carbocycles. The third kappa shape index (κ3) is 2.46. The van der Waals surface area contributed by atoms with E-state index in [0.29, 0.717) is 29.1 Å². The van der Waals surface area contributed by atoms with E-state index in [1.807, 2.05) is 13.8 Å². The lowest BCUT2D eigenvalue weighted by molar-refractivity contribution is 0.239. The minimum Gasteiger partial charge on any atom is -0.507 e. The molecule has 4 nitrogen and oxygen atoms in total. The van der Waals surface area contributed by atoms with Crippen LogP contribution in [0, 0.1) is 5.41 Å². The molecule has 0 heterocycles. The van der Waals surface area contributed by atoms with E-state index in [4.69, 9.17) is 9.47 Å². The van der Waals surface area contributed by atoms with Crippen molar-refractivity contribution in [3.8, 4) is 11.5 Å². The summed E-state index contributed by atoms with van der Waals surface area (Å²) in [4.78, 5) is 0. The fourth-order valence-electron chi connectivity index (χ4n) is 2.52. The number of hydrogen-bond donors (Lipinski definition) is 2. The zero-order valence-corrected chi connectivity index (χ0v) is 12.2. The Morgan fingerprint density at radius 2 is 1.80 bits per heavy atom. The normalized spacial score (nSPS) is 17.7. The predicted molar refractivity (Wildman–Crippen MR) is 77.7 cm³/mol. The molecule has 1 aliphatic carbocycles. The SMILES string of the molecule is COC1=C(c2c(O)cccc2OC)C(O)=CC(C)(C)C1. The molecule has 0 atom stereocenters. The van der Waals surface area contributed by atoms with Gasteiger partial charge >= 0.3 is 0 Å². The largest absolute Gasteiger partial charge is 0.507 e. The molecule has 108 valence electrons. The average Bonchev–Trinajstić information content (AvgIpc) is 2.37. The predicted octanol–water partition coefficient (Wildman–Crippen LogP) is 3.63. The Morgan fingerprint density at radius 1 is 1.10 bits per heavy atom. The van der Waals surface area contributed by atoms with E-state index in [1.54, 1.807) is 31.4 Å². The molecule has 0 bridgehead atoms. The Labute approximate surface area is 119 Å². The molecular weight excluding hydrogens is 256 g/mol. The Morgan fingerprint density at radius 3 is 2.40 bits per heavy atom. The molecule has 0 radical (unpaired) electrons. The highest BCUT2D eigenvalue weighted by Gasteiger charge is 2.31. The summed E-state index contributed by atoms with van der Waals surface area (Å²) in [5, 5.41) is 20.5. The number of allylic oxidation sites excluding steroid dienone is 3. The van der Waals surface area contributed by atoms with Gasteiger partial charge in [0.2, 0.25) is 0 Å². The van der Waals surface area contributed by atoms with Crippen molar-refractivity contribution in [1.29, 1.82) is 0 Å². The van der Waals surface area contributed by atoms with Gasteiger partial charge in [0, 0.05) is 6.42 Å². The van der Waals surface area contributed by atoms with Crippen molar-refractivity contribution in [1.82, 2.24) is 0 Å². The molecule has 2 rings (SSSR count). The number of hydrogen-bond acceptors (Lipinski definition) is 4. The Kier molecular flexibility index (Phi) is 3.66. The van der Waals surface area contributed by atoms with Crippen LogP contribution in [-0.2, 0) is 4.74 Å². The molecule has 1 aromatic carbocycles. The van der Waals surface area contributed by atoms with Crippen LogP contribution in [0.2, 0.25) is 0 Å². The summed E-state index contributed by atoms with van der Waals surface area (Å²) in [5.74, 6) is 1.27. The van der Waals surface area contributed by atoms with Crippen molar-refractivity contribution in [2.24, 2.45) is 5.41 Å². The summed E-state index contributed by atoms with van der Waals surface area (Å²) in [7, 11) is 3.09. The standard InChI is InChI=1S/C16H20O4/c1-16(2)8-11(18)15(13(9-16)20-4)14-10(17)6-5-7-12(14)19-3/h5-8,17-18H,9H2,1-4H3. The maximum atomic E-state index is 10.4. The van der Waals surface area contributed by atoms with Gasteiger partial charge in [-0.2, -0.15) is 0 Å². The topological polar surface area (TPSA) is 58.9 Å². The Bertz CT molecular complexity index is 582. The lowest BCUT2D eigenvalue weighted by Crippen LogP contribution is -2.17. The molecule has 20 heavy (non-hydrogen) atoms. The molecule has 0 aromatic heterocycles. The van der Waals surface area contributed by atoms with Crippen LogP contribution in [0.3, 0.4) is 0 Å². The van der Waals surface area contributed by atoms with Crippen molar-refractivity contribution in [3.63, 3.8) is 0 Å². The summed E-state index contributed by atoms with van der Waals surface area (Å²) in [6.45, 7) is 4.03. The highest BCUT2D eigenvalue weighted by Crippen LogP contribution is 2.45. The second-order valence-electron chi connectivity index (χ2n) is 5.55. The van der Waals surface area contributed by atoms with Crippen molar-refractivity contribution in [2.75, 3.05) is 14.2 Å². The number of rotatable bonds is 3. The van der Waals surface area contributed by atoms with Crippen LogP contribution in [0.25, 0.3) is 5.57 Å². The van der Waals surface area contributed by atoms with Gasteiger partial charge in [-0.25, -0.2) is 0 Å². The Balaban J connectivity index is 2.67. The van der Waals surface area contributed by atoms with Crippen LogP contribution in [0.1, 0.15) is 25.8 Å². The van der Waals surface area contributed by atoms with Crippen LogP contribution in [0.15, 0.2) is 35.8 Å². The van der Waals surface area contributed by atoms with Crippen molar-refractivity contribution in [3.05, 3.63) is 41.4 Å². The molecule has 1 aliphatic rings. The summed E-state index contributed by atoms with van der Waals surface area (Å²) in [6, 6.07) is 4.99. The molecule has 0 saturated heterocycles. The molecule has 0 amide bonds. The number of aliphatic hydroxyl groups is 1. The maximum absolute atomic E-state index is 10.4. The highest BCUT2D eigenvalue weighted by molar-refractivity contribution is 5.85. The number of aromatic hydroxyl groups is 1. The van der Waals surface area contributed by atoms with Crippen LogP contribution < -0.4 is 4.74 Å². The van der Waals surface area contributed by atoms with Crippen LogP contribution in [0.5, 0.6) is 11.5 Å². The first-order chi connectivity index (χ1) is 9.39. The van der Waals surface area contributed by atoms with Gasteiger partial charge in [-0.05, 0) is 23.6 Å². The Hall–Kier alpha value is -2.10. The summed E-state index contributed by atoms with van der Waals surface area (Å²) >= 11 is 0. The van der Waals surface area contributed by atoms with Crippen LogP contribution in [0.4, 0.5) is 0 Å². The quantitative estimate of drug-likeness (QED) is 0.885. The second kappa shape index (κ2) is 5.12. The third-order valence-corrected chi connectivity index (χ3v) is 3.40. The van der Waals surface area contributed by atoms with Gasteiger partial charge < -0.3 is 19.7 Å². The minimum atomic E-state index is -0.198. The van der Waals surface area contributed by atoms with Gasteiger partial charge in [0.05, 0.1) is 25.4 Å². The van der Waals surface area contributed by atoms with Gasteiger partial charge in [0.15, 0.2) is 0 Å². The maximum Gasteiger partial charge on any atom is 0.130 e. The minimum absolute atomic E-state index is 0.0496. The van der Waals surface area contributed by atoms with E-state index in [1.165, 1.54) is 7.11 Å². The first kappa shape index (κ1) is 14.3. The smallest absolute Gasteiger partial charge is 0.130 e. The van der Waals surface area contributed by atoms with Gasteiger partial charge in [0.25, 0.3) is 0 Å². The second-order valence-corrected chi connectivity index (χ2v) is 5.55. The number of benzene rings is 1. The summed E-state index contributed by atoms with van der Waals surface area (Å²) in [6.07, 6.45) is 2.41. The first-order valence-corrected chi connectivity index (χ1v) is 6.45. The van der Waals surface area contributed by atoms with E-state index in [-0.39, 0.29) is 16.9 Å². The number of phenols is 1. The van der Waals surface area contributed by atoms with Crippen molar-refractivity contribution >= 4 is 5.57 Å². The fraction of sp³-hybridized carbons (Fsp3) is 0.375. The van der Waals surface area contributed by atoms with E-state index >= 15 is 0 Å². The van der Waals surface area contributed by atoms with E-state index in [2.05, 4.69) is 0 Å². The summed E-state index contributed by atoms with van der Waals surface area (Å²) in [5.41, 5.74) is 0.745. The third-order valence-electron chi connectivity index (χ3n) is 3.40. The first-order valence-electron chi connectivity index (χ1n) is 6.45. The van der Waals surface area contributed by atoms with Gasteiger partial charge in [-0.15, -0.1) is 0 Å². The summed E-state index contributed by atoms with van der Waals surface area (Å²) < 4.78 is 10.7. The molecule has 0 fully saturated rings. The van der Waals surface area contributed by atoms with E-state index in [9.17, 15) is 10.2 Å². The van der Waals surface area contributed by atoms with Crippen molar-refractivity contribution in [2.45, 2.75) is 20.3 Å². The average molecular weight is 276 g/mol. The van der Waals surface area contributed by atoms with Gasteiger partial charge in [-0.1, -0.05) is 19.9 Å². The van der Waals surface area contributed by atoms with E-state index in [0.717, 1.165) is 0 Å². The molecule has 0 spiro atoms. The fourth-order valence-corrected chi connectivity index (χ4v) is 2.52. The molecule has 2 N–H and O–H groups in total. The molecule has 0 aliphatic heterocycles. The van der Waals surface area contributed by atoms with Crippen LogP contribution >= 0.6 is 0 Å². The van der Waals surface area contributed by atoms with Crippen LogP contribution in [-0.4, -0.2) is 24.4 Å². The molecule has 4 heteroatoms. The van der Waals surface area contributed by atoms with Crippen molar-refractivity contribution < 1.29 is 19.7 Å². The van der Waals surface area contributed by atoms with E-state index < -0.39 is 0 Å². The zero-order valence-electron chi connectivity index (χ0n) is 12.2. The molecule has 1 aromatic rings. The monoisotopic (exact) mass is 276 g/mol. The number of aliphatic hydroxyl groups excluding tert-OH is 1. The van der Waals surface area contributed by atoms with Gasteiger partial charge in [0.1, 0.15) is 23.0 Å². The molecule has 0 unspecified atom stereocenters. The zero-order chi connectivity index (χ0) is 14.9. The number of phenolic OH excluding ortho intramolecular Hbond substituents is 1. The van der Waals surface area contributed by atoms with Gasteiger partial charge in [-0.3, -0.25) is 0 Å². The number of ether oxygens (including phenoxy) is 2. The lowest BCUT2D eigenvalue weighted by atomic mass is 9.80. The number of methoxy groups -OCH3 is 2.